The molecule has 1 N–H and O–H groups in total. The molecule has 88 valence electrons. The lowest BCUT2D eigenvalue weighted by molar-refractivity contribution is 0.187. The molecule has 1 amide bonds. The third-order valence-electron chi connectivity index (χ3n) is 3.14. The number of carbonyl (C=O) groups is 1. The van der Waals surface area contributed by atoms with Gasteiger partial charge in [-0.2, -0.15) is 0 Å². The van der Waals surface area contributed by atoms with E-state index < -0.39 is 0 Å². The van der Waals surface area contributed by atoms with E-state index in [-0.39, 0.29) is 6.09 Å². The first-order valence-corrected chi connectivity index (χ1v) is 6.61. The molecule has 0 atom stereocenters. The van der Waals surface area contributed by atoms with Crippen LogP contribution in [-0.2, 0) is 4.74 Å². The van der Waals surface area contributed by atoms with Gasteiger partial charge in [0.05, 0.1) is 7.11 Å². The van der Waals surface area contributed by atoms with Crippen molar-refractivity contribution in [2.75, 3.05) is 12.4 Å². The Labute approximate surface area is 99.8 Å². The lowest BCUT2D eigenvalue weighted by Crippen LogP contribution is -2.13. The monoisotopic (exact) mass is 239 g/mol. The van der Waals surface area contributed by atoms with Crippen LogP contribution < -0.4 is 5.32 Å². The molecule has 1 saturated carbocycles. The molecule has 0 unspecified atom stereocenters. The Kier molecular flexibility index (Phi) is 3.83. The van der Waals surface area contributed by atoms with E-state index in [1.165, 1.54) is 44.8 Å². The van der Waals surface area contributed by atoms with Gasteiger partial charge in [0.2, 0.25) is 0 Å². The van der Waals surface area contributed by atoms with Crippen molar-refractivity contribution in [3.8, 4) is 0 Å². The normalized spacial score (nSPS) is 17.1. The van der Waals surface area contributed by atoms with Crippen LogP contribution in [0.4, 0.5) is 9.80 Å². The van der Waals surface area contributed by atoms with Gasteiger partial charge < -0.3 is 4.74 Å². The number of carbonyl (C=O) groups excluding carboxylic acids is 1. The summed E-state index contributed by atoms with van der Waals surface area (Å²) in [7, 11) is 1.39. The zero-order valence-electron chi connectivity index (χ0n) is 9.49. The number of rotatable bonds is 2. The van der Waals surface area contributed by atoms with E-state index in [1.54, 1.807) is 11.3 Å². The number of thiophene rings is 1. The van der Waals surface area contributed by atoms with E-state index in [1.807, 2.05) is 5.38 Å². The summed E-state index contributed by atoms with van der Waals surface area (Å²) in [6, 6.07) is 2.13. The summed E-state index contributed by atoms with van der Waals surface area (Å²) >= 11 is 1.57. The zero-order chi connectivity index (χ0) is 11.4. The van der Waals surface area contributed by atoms with Crippen LogP contribution >= 0.6 is 11.3 Å². The first kappa shape index (κ1) is 11.5. The van der Waals surface area contributed by atoms with Crippen molar-refractivity contribution in [1.82, 2.24) is 0 Å². The van der Waals surface area contributed by atoms with E-state index in [2.05, 4.69) is 16.1 Å². The van der Waals surface area contributed by atoms with Gasteiger partial charge in [-0.25, -0.2) is 4.79 Å². The number of ether oxygens (including phenoxy) is 1. The molecule has 0 bridgehead atoms. The molecular weight excluding hydrogens is 222 g/mol. The summed E-state index contributed by atoms with van der Waals surface area (Å²) in [6.45, 7) is 0. The highest BCUT2D eigenvalue weighted by atomic mass is 32.1. The van der Waals surface area contributed by atoms with E-state index >= 15 is 0 Å². The minimum atomic E-state index is -0.375. The maximum absolute atomic E-state index is 11.2. The molecule has 4 heteroatoms. The van der Waals surface area contributed by atoms with E-state index in [4.69, 9.17) is 0 Å². The molecule has 2 rings (SSSR count). The van der Waals surface area contributed by atoms with Gasteiger partial charge in [0, 0.05) is 0 Å². The number of hydrogen-bond donors (Lipinski definition) is 1. The van der Waals surface area contributed by atoms with Gasteiger partial charge >= 0.3 is 6.09 Å². The fourth-order valence-corrected chi connectivity index (χ4v) is 3.16. The molecule has 0 saturated heterocycles. The van der Waals surface area contributed by atoms with Gasteiger partial charge in [-0.15, -0.1) is 11.3 Å². The molecule has 0 spiro atoms. The Balaban J connectivity index is 2.08. The Morgan fingerprint density at radius 3 is 2.88 bits per heavy atom. The van der Waals surface area contributed by atoms with Crippen molar-refractivity contribution in [1.29, 1.82) is 0 Å². The predicted octanol–water partition coefficient (Wildman–Crippen LogP) is 3.97. The lowest BCUT2D eigenvalue weighted by atomic mass is 9.85. The minimum absolute atomic E-state index is 0.375. The summed E-state index contributed by atoms with van der Waals surface area (Å²) in [4.78, 5) is 11.2. The second-order valence-corrected chi connectivity index (χ2v) is 5.07. The smallest absolute Gasteiger partial charge is 0.411 e. The van der Waals surface area contributed by atoms with Crippen molar-refractivity contribution in [2.45, 2.75) is 38.0 Å². The average molecular weight is 239 g/mol. The summed E-state index contributed by atoms with van der Waals surface area (Å²) in [5.41, 5.74) is 1.29. The average Bonchev–Trinajstić information content (AvgIpc) is 2.78. The molecule has 0 aliphatic heterocycles. The molecule has 1 heterocycles. The van der Waals surface area contributed by atoms with Crippen molar-refractivity contribution >= 4 is 22.4 Å². The van der Waals surface area contributed by atoms with Crippen LogP contribution in [-0.4, -0.2) is 13.2 Å². The van der Waals surface area contributed by atoms with Crippen LogP contribution in [0.2, 0.25) is 0 Å². The Morgan fingerprint density at radius 2 is 2.19 bits per heavy atom. The van der Waals surface area contributed by atoms with Gasteiger partial charge in [-0.3, -0.25) is 5.32 Å². The van der Waals surface area contributed by atoms with E-state index in [9.17, 15) is 4.79 Å². The third-order valence-corrected chi connectivity index (χ3v) is 3.99. The number of anilines is 1. The second-order valence-electron chi connectivity index (χ2n) is 4.16. The molecule has 16 heavy (non-hydrogen) atoms. The fourth-order valence-electron chi connectivity index (χ4n) is 2.30. The summed E-state index contributed by atoms with van der Waals surface area (Å²) in [6.07, 6.45) is 6.06. The Hall–Kier alpha value is -1.03. The topological polar surface area (TPSA) is 38.3 Å². The third kappa shape index (κ3) is 2.55. The first-order chi connectivity index (χ1) is 7.81. The van der Waals surface area contributed by atoms with Crippen LogP contribution in [0.15, 0.2) is 11.4 Å². The molecule has 0 radical (unpaired) electrons. The molecule has 1 aromatic rings. The van der Waals surface area contributed by atoms with Crippen LogP contribution in [0.5, 0.6) is 0 Å². The van der Waals surface area contributed by atoms with E-state index in [0.29, 0.717) is 5.92 Å². The Bertz CT molecular complexity index is 356. The number of amides is 1. The summed E-state index contributed by atoms with van der Waals surface area (Å²) in [5.74, 6) is 0.618. The summed E-state index contributed by atoms with van der Waals surface area (Å²) in [5, 5.41) is 5.79. The minimum Gasteiger partial charge on any atom is -0.453 e. The van der Waals surface area contributed by atoms with Crippen molar-refractivity contribution in [3.63, 3.8) is 0 Å². The standard InChI is InChI=1S/C12H17NO2S/c1-15-12(14)13-11-10(7-8-16-11)9-5-3-2-4-6-9/h7-9H,2-6H2,1H3,(H,13,14). The van der Waals surface area contributed by atoms with Gasteiger partial charge in [-0.05, 0) is 35.8 Å². The van der Waals surface area contributed by atoms with Gasteiger partial charge in [0.1, 0.15) is 5.00 Å². The lowest BCUT2D eigenvalue weighted by Gasteiger charge is -2.22. The van der Waals surface area contributed by atoms with Crippen molar-refractivity contribution < 1.29 is 9.53 Å². The largest absolute Gasteiger partial charge is 0.453 e. The molecule has 1 aliphatic rings. The molecule has 1 aliphatic carbocycles. The van der Waals surface area contributed by atoms with Gasteiger partial charge in [0.15, 0.2) is 0 Å². The van der Waals surface area contributed by atoms with Crippen LogP contribution in [0.1, 0.15) is 43.6 Å². The highest BCUT2D eigenvalue weighted by molar-refractivity contribution is 7.14. The predicted molar refractivity (Wildman–Crippen MR) is 66.2 cm³/mol. The van der Waals surface area contributed by atoms with Crippen LogP contribution in [0.3, 0.4) is 0 Å². The van der Waals surface area contributed by atoms with Crippen LogP contribution in [0, 0.1) is 0 Å². The number of hydrogen-bond acceptors (Lipinski definition) is 3. The second kappa shape index (κ2) is 5.34. The fraction of sp³-hybridized carbons (Fsp3) is 0.583. The van der Waals surface area contributed by atoms with E-state index in [0.717, 1.165) is 5.00 Å². The molecule has 0 aromatic carbocycles. The SMILES string of the molecule is COC(=O)Nc1sccc1C1CCCCC1. The van der Waals surface area contributed by atoms with Gasteiger partial charge in [-0.1, -0.05) is 19.3 Å². The number of methoxy groups -OCH3 is 1. The Morgan fingerprint density at radius 1 is 1.44 bits per heavy atom. The maximum Gasteiger partial charge on any atom is 0.411 e. The zero-order valence-corrected chi connectivity index (χ0v) is 10.3. The van der Waals surface area contributed by atoms with Gasteiger partial charge in [0.25, 0.3) is 0 Å². The highest BCUT2D eigenvalue weighted by Gasteiger charge is 2.20. The quantitative estimate of drug-likeness (QED) is 0.848. The number of nitrogens with one attached hydrogen (secondary N) is 1. The molecule has 1 aromatic heterocycles. The van der Waals surface area contributed by atoms with Crippen LogP contribution in [0.25, 0.3) is 0 Å². The van der Waals surface area contributed by atoms with Crippen molar-refractivity contribution in [2.24, 2.45) is 0 Å². The molecule has 1 fully saturated rings. The first-order valence-electron chi connectivity index (χ1n) is 5.73. The molecular formula is C12H17NO2S. The summed E-state index contributed by atoms with van der Waals surface area (Å²) < 4.78 is 4.62. The van der Waals surface area contributed by atoms with Crippen molar-refractivity contribution in [3.05, 3.63) is 17.0 Å². The molecule has 3 nitrogen and oxygen atoms in total. The maximum atomic E-state index is 11.2. The highest BCUT2D eigenvalue weighted by Crippen LogP contribution is 2.38.